The molecule has 0 aliphatic rings. The molecule has 0 aliphatic heterocycles. The van der Waals surface area contributed by atoms with Gasteiger partial charge in [0.15, 0.2) is 0 Å². The molecule has 0 radical (unpaired) electrons. The highest BCUT2D eigenvalue weighted by Crippen LogP contribution is 2.22. The number of phenolic OH excluding ortho intramolecular Hbond substituents is 2. The maximum Gasteiger partial charge on any atom is 0.124 e. The van der Waals surface area contributed by atoms with Gasteiger partial charge in [-0.25, -0.2) is 0 Å². The fourth-order valence-electron chi connectivity index (χ4n) is 3.21. The summed E-state index contributed by atoms with van der Waals surface area (Å²) in [6.45, 7) is 0. The van der Waals surface area contributed by atoms with Crippen LogP contribution in [0.3, 0.4) is 0 Å². The van der Waals surface area contributed by atoms with E-state index in [-0.39, 0.29) is 11.5 Å². The lowest BCUT2D eigenvalue weighted by Gasteiger charge is -2.05. The van der Waals surface area contributed by atoms with Gasteiger partial charge in [0, 0.05) is 23.6 Å². The van der Waals surface area contributed by atoms with Crippen molar-refractivity contribution in [2.75, 3.05) is 0 Å². The number of rotatable bonds is 6. The molecule has 152 valence electrons. The zero-order valence-corrected chi connectivity index (χ0v) is 16.9. The summed E-state index contributed by atoms with van der Waals surface area (Å²) in [6, 6.07) is 30.3. The van der Waals surface area contributed by atoms with Crippen LogP contribution in [0.2, 0.25) is 0 Å². The summed E-state index contributed by atoms with van der Waals surface area (Å²) in [5.74, 6) is 0.423. The van der Waals surface area contributed by atoms with Crippen molar-refractivity contribution in [2.45, 2.75) is 6.42 Å². The van der Waals surface area contributed by atoms with Crippen molar-refractivity contribution in [2.24, 2.45) is 9.98 Å². The molecular formula is C27H22N2O2. The largest absolute Gasteiger partial charge is 0.507 e. The number of aliphatic imine (C=N–C) groups is 2. The number of phenols is 2. The van der Waals surface area contributed by atoms with Crippen LogP contribution in [0.1, 0.15) is 22.3 Å². The predicted molar refractivity (Wildman–Crippen MR) is 126 cm³/mol. The molecule has 31 heavy (non-hydrogen) atoms. The summed E-state index contributed by atoms with van der Waals surface area (Å²) in [5.41, 5.74) is 5.29. The number of hydrogen-bond acceptors (Lipinski definition) is 4. The minimum absolute atomic E-state index is 0.212. The second kappa shape index (κ2) is 9.55. The summed E-state index contributed by atoms with van der Waals surface area (Å²) < 4.78 is 0. The summed E-state index contributed by atoms with van der Waals surface area (Å²) in [6.07, 6.45) is 4.09. The zero-order chi connectivity index (χ0) is 21.5. The molecule has 0 bridgehead atoms. The minimum atomic E-state index is 0.212. The van der Waals surface area contributed by atoms with Gasteiger partial charge in [0.2, 0.25) is 0 Å². The van der Waals surface area contributed by atoms with Crippen LogP contribution < -0.4 is 0 Å². The van der Waals surface area contributed by atoms with Gasteiger partial charge in [-0.15, -0.1) is 0 Å². The van der Waals surface area contributed by atoms with Gasteiger partial charge in [-0.3, -0.25) is 9.98 Å². The second-order valence-corrected chi connectivity index (χ2v) is 7.15. The van der Waals surface area contributed by atoms with Gasteiger partial charge in [0.05, 0.1) is 11.4 Å². The van der Waals surface area contributed by atoms with Gasteiger partial charge in [0.1, 0.15) is 11.5 Å². The van der Waals surface area contributed by atoms with Crippen LogP contribution >= 0.6 is 0 Å². The Kier molecular flexibility index (Phi) is 6.19. The molecule has 0 saturated heterocycles. The first-order valence-electron chi connectivity index (χ1n) is 9.99. The number of aromatic hydroxyl groups is 2. The zero-order valence-electron chi connectivity index (χ0n) is 16.9. The van der Waals surface area contributed by atoms with Crippen LogP contribution in [0.4, 0.5) is 11.4 Å². The van der Waals surface area contributed by atoms with Crippen molar-refractivity contribution in [3.8, 4) is 11.5 Å². The molecule has 4 nitrogen and oxygen atoms in total. The van der Waals surface area contributed by atoms with Crippen molar-refractivity contribution in [3.63, 3.8) is 0 Å². The average Bonchev–Trinajstić information content (AvgIpc) is 2.79. The predicted octanol–water partition coefficient (Wildman–Crippen LogP) is 6.19. The van der Waals surface area contributed by atoms with Crippen molar-refractivity contribution in [1.82, 2.24) is 0 Å². The van der Waals surface area contributed by atoms with Gasteiger partial charge in [0.25, 0.3) is 0 Å². The monoisotopic (exact) mass is 406 g/mol. The van der Waals surface area contributed by atoms with Crippen LogP contribution in [-0.2, 0) is 6.42 Å². The van der Waals surface area contributed by atoms with E-state index in [4.69, 9.17) is 0 Å². The number of hydrogen-bond donors (Lipinski definition) is 2. The fraction of sp³-hybridized carbons (Fsp3) is 0.0370. The van der Waals surface area contributed by atoms with E-state index in [1.165, 1.54) is 0 Å². The highest BCUT2D eigenvalue weighted by atomic mass is 16.3. The minimum Gasteiger partial charge on any atom is -0.507 e. The van der Waals surface area contributed by atoms with E-state index in [0.29, 0.717) is 11.1 Å². The summed E-state index contributed by atoms with van der Waals surface area (Å²) in [4.78, 5) is 8.99. The van der Waals surface area contributed by atoms with Gasteiger partial charge in [-0.05, 0) is 66.1 Å². The first-order chi connectivity index (χ1) is 15.2. The molecular weight excluding hydrogens is 384 g/mol. The van der Waals surface area contributed by atoms with Crippen molar-refractivity contribution in [3.05, 3.63) is 119 Å². The molecule has 2 N–H and O–H groups in total. The van der Waals surface area contributed by atoms with Gasteiger partial charge in [-0.2, -0.15) is 0 Å². The maximum absolute atomic E-state index is 9.88. The molecule has 0 saturated carbocycles. The standard InChI is InChI=1S/C27H22N2O2/c30-26-13-3-1-9-22(26)18-28-24-11-5-7-20(16-24)15-21-8-6-12-25(17-21)29-19-23-10-2-4-14-27(23)31/h1-14,16-19,30-31H,15H2. The van der Waals surface area contributed by atoms with Crippen LogP contribution in [0.5, 0.6) is 11.5 Å². The summed E-state index contributed by atoms with van der Waals surface area (Å²) in [5, 5.41) is 19.8. The Hall–Kier alpha value is -4.18. The number of para-hydroxylation sites is 2. The van der Waals surface area contributed by atoms with Crippen LogP contribution in [0.25, 0.3) is 0 Å². The lowest BCUT2D eigenvalue weighted by molar-refractivity contribution is 0.474. The number of nitrogens with zero attached hydrogens (tertiary/aromatic N) is 2. The molecule has 0 unspecified atom stereocenters. The average molecular weight is 406 g/mol. The Balaban J connectivity index is 1.48. The fourth-order valence-corrected chi connectivity index (χ4v) is 3.21. The van der Waals surface area contributed by atoms with E-state index >= 15 is 0 Å². The third-order valence-electron chi connectivity index (χ3n) is 4.81. The van der Waals surface area contributed by atoms with Gasteiger partial charge < -0.3 is 10.2 Å². The third-order valence-corrected chi connectivity index (χ3v) is 4.81. The lowest BCUT2D eigenvalue weighted by Crippen LogP contribution is -1.88. The van der Waals surface area contributed by atoms with Crippen LogP contribution in [-0.4, -0.2) is 22.6 Å². The van der Waals surface area contributed by atoms with Gasteiger partial charge in [-0.1, -0.05) is 48.5 Å². The van der Waals surface area contributed by atoms with Crippen molar-refractivity contribution < 1.29 is 10.2 Å². The van der Waals surface area contributed by atoms with E-state index in [0.717, 1.165) is 28.9 Å². The molecule has 4 aromatic rings. The molecule has 4 rings (SSSR count). The summed E-state index contributed by atoms with van der Waals surface area (Å²) >= 11 is 0. The highest BCUT2D eigenvalue weighted by molar-refractivity contribution is 5.85. The summed E-state index contributed by atoms with van der Waals surface area (Å²) in [7, 11) is 0. The van der Waals surface area contributed by atoms with Crippen molar-refractivity contribution in [1.29, 1.82) is 0 Å². The molecule has 0 amide bonds. The Morgan fingerprint density at radius 1 is 0.548 bits per heavy atom. The smallest absolute Gasteiger partial charge is 0.124 e. The first-order valence-corrected chi connectivity index (χ1v) is 9.99. The Labute approximate surface area is 181 Å². The van der Waals surface area contributed by atoms with Gasteiger partial charge >= 0.3 is 0 Å². The highest BCUT2D eigenvalue weighted by Gasteiger charge is 2.01. The Morgan fingerprint density at radius 2 is 1.00 bits per heavy atom. The van der Waals surface area contributed by atoms with E-state index in [1.54, 1.807) is 36.7 Å². The molecule has 0 aromatic heterocycles. The van der Waals surface area contributed by atoms with Crippen molar-refractivity contribution >= 4 is 23.8 Å². The molecule has 0 spiro atoms. The molecule has 0 atom stereocenters. The van der Waals surface area contributed by atoms with E-state index < -0.39 is 0 Å². The quantitative estimate of drug-likeness (QED) is 0.375. The third kappa shape index (κ3) is 5.46. The van der Waals surface area contributed by atoms with E-state index in [2.05, 4.69) is 22.1 Å². The maximum atomic E-state index is 9.88. The van der Waals surface area contributed by atoms with E-state index in [1.807, 2.05) is 60.7 Å². The molecule has 0 aliphatic carbocycles. The number of benzene rings is 4. The molecule has 4 aromatic carbocycles. The molecule has 4 heteroatoms. The van der Waals surface area contributed by atoms with E-state index in [9.17, 15) is 10.2 Å². The normalized spacial score (nSPS) is 11.4. The SMILES string of the molecule is Oc1ccccc1C=Nc1cccc(Cc2cccc(N=Cc3ccccc3O)c2)c1. The van der Waals surface area contributed by atoms with Crippen LogP contribution in [0, 0.1) is 0 Å². The Bertz CT molecular complexity index is 1150. The lowest BCUT2D eigenvalue weighted by atomic mass is 10.0. The van der Waals surface area contributed by atoms with Crippen LogP contribution in [0.15, 0.2) is 107 Å². The first kappa shape index (κ1) is 20.1. The second-order valence-electron chi connectivity index (χ2n) is 7.15. The molecule has 0 fully saturated rings. The molecule has 0 heterocycles. The topological polar surface area (TPSA) is 65.2 Å². The Morgan fingerprint density at radius 3 is 1.45 bits per heavy atom.